The number of rotatable bonds is 5. The lowest BCUT2D eigenvalue weighted by Gasteiger charge is -2.53. The van der Waals surface area contributed by atoms with Gasteiger partial charge in [0.1, 0.15) is 23.4 Å². The highest BCUT2D eigenvalue weighted by atomic mass is 32.2. The molecule has 1 N–H and O–H groups in total. The van der Waals surface area contributed by atoms with E-state index in [1.54, 1.807) is 43.0 Å². The third-order valence-electron chi connectivity index (χ3n) is 6.05. The van der Waals surface area contributed by atoms with E-state index in [0.29, 0.717) is 24.2 Å². The number of thioether (sulfide) groups is 1. The maximum atomic E-state index is 12.6. The number of carbonyl (C=O) groups excluding carboxylic acids is 1. The lowest BCUT2D eigenvalue weighted by Crippen LogP contribution is -2.64. The molecule has 0 spiro atoms. The van der Waals surface area contributed by atoms with E-state index in [0.717, 1.165) is 4.90 Å². The zero-order chi connectivity index (χ0) is 20.5. The predicted molar refractivity (Wildman–Crippen MR) is 111 cm³/mol. The molecule has 1 aliphatic heterocycles. The quantitative estimate of drug-likeness (QED) is 0.448. The fourth-order valence-electron chi connectivity index (χ4n) is 3.99. The molecule has 2 aliphatic rings. The summed E-state index contributed by atoms with van der Waals surface area (Å²) in [7, 11) is 0. The van der Waals surface area contributed by atoms with Crippen LogP contribution < -0.4 is 0 Å². The fourth-order valence-corrected chi connectivity index (χ4v) is 5.08. The molecular formula is C23H26O5S. The third kappa shape index (κ3) is 4.21. The Labute approximate surface area is 175 Å². The van der Waals surface area contributed by atoms with Crippen LogP contribution in [0.3, 0.4) is 0 Å². The van der Waals surface area contributed by atoms with Gasteiger partial charge >= 0.3 is 5.97 Å². The Morgan fingerprint density at radius 3 is 2.45 bits per heavy atom. The van der Waals surface area contributed by atoms with Gasteiger partial charge in [-0.05, 0) is 56.9 Å². The number of aliphatic hydroxyl groups is 1. The molecule has 6 heteroatoms. The minimum atomic E-state index is -1.31. The van der Waals surface area contributed by atoms with Crippen molar-refractivity contribution in [3.63, 3.8) is 0 Å². The van der Waals surface area contributed by atoms with Crippen molar-refractivity contribution < 1.29 is 24.4 Å². The minimum absolute atomic E-state index is 0.103. The van der Waals surface area contributed by atoms with Crippen molar-refractivity contribution >= 4 is 17.7 Å². The first-order valence-corrected chi connectivity index (χ1v) is 10.9. The first-order valence-electron chi connectivity index (χ1n) is 9.89. The number of benzene rings is 2. The maximum absolute atomic E-state index is 12.6. The zero-order valence-corrected chi connectivity index (χ0v) is 17.4. The Hall–Kier alpha value is -1.86. The summed E-state index contributed by atoms with van der Waals surface area (Å²) < 4.78 is 5.75. The van der Waals surface area contributed by atoms with Crippen LogP contribution >= 0.6 is 11.8 Å². The Balaban J connectivity index is 1.48. The van der Waals surface area contributed by atoms with Crippen LogP contribution in [-0.4, -0.2) is 40.2 Å². The first-order chi connectivity index (χ1) is 13.9. The van der Waals surface area contributed by atoms with Gasteiger partial charge in [-0.1, -0.05) is 36.4 Å². The molecule has 29 heavy (non-hydrogen) atoms. The van der Waals surface area contributed by atoms with Gasteiger partial charge in [-0.3, -0.25) is 0 Å². The molecule has 0 amide bonds. The van der Waals surface area contributed by atoms with Crippen molar-refractivity contribution in [1.82, 2.24) is 0 Å². The monoisotopic (exact) mass is 414 g/mol. The zero-order valence-electron chi connectivity index (χ0n) is 16.6. The van der Waals surface area contributed by atoms with Gasteiger partial charge in [0.15, 0.2) is 0 Å². The van der Waals surface area contributed by atoms with Crippen molar-refractivity contribution in [2.45, 2.75) is 55.0 Å². The Bertz CT molecular complexity index is 841. The molecule has 2 fully saturated rings. The topological polar surface area (TPSA) is 65.0 Å². The number of carbonyl (C=O) groups is 1. The molecule has 2 aromatic carbocycles. The van der Waals surface area contributed by atoms with E-state index < -0.39 is 29.4 Å². The van der Waals surface area contributed by atoms with Crippen molar-refractivity contribution in [1.29, 1.82) is 0 Å². The molecule has 1 heterocycles. The predicted octanol–water partition coefficient (Wildman–Crippen LogP) is 4.25. The summed E-state index contributed by atoms with van der Waals surface area (Å²) in [6, 6.07) is 19.0. The van der Waals surface area contributed by atoms with Crippen LogP contribution in [0.1, 0.15) is 37.0 Å². The van der Waals surface area contributed by atoms with Crippen LogP contribution in [0.25, 0.3) is 0 Å². The number of hydrogen-bond acceptors (Lipinski definition) is 6. The fraction of sp³-hybridized carbons (Fsp3) is 0.435. The van der Waals surface area contributed by atoms with E-state index in [1.807, 2.05) is 31.2 Å². The Kier molecular flexibility index (Phi) is 5.71. The van der Waals surface area contributed by atoms with Crippen LogP contribution in [-0.2, 0) is 14.5 Å². The molecule has 1 aliphatic carbocycles. The van der Waals surface area contributed by atoms with Gasteiger partial charge in [-0.15, -0.1) is 11.8 Å². The van der Waals surface area contributed by atoms with Gasteiger partial charge in [0.2, 0.25) is 0 Å². The molecule has 0 unspecified atom stereocenters. The summed E-state index contributed by atoms with van der Waals surface area (Å²) in [5.74, 6) is 0.374. The van der Waals surface area contributed by atoms with E-state index in [4.69, 9.17) is 14.5 Å². The summed E-state index contributed by atoms with van der Waals surface area (Å²) in [6.07, 6.45) is -0.0104. The summed E-state index contributed by atoms with van der Waals surface area (Å²) >= 11 is 1.71. The standard InChI is InChI=1S/C23H26O5S/c1-22(15-29-18-11-7-4-8-12-18)17-13-19(23(2,25)20(14-17)27-28-22)26-21(24)16-9-5-3-6-10-16/h3-12,17,19-20,25H,13-15H2,1-2H3/t17-,19-,20+,22+,23-/m0/s1. The Morgan fingerprint density at radius 1 is 1.10 bits per heavy atom. The highest BCUT2D eigenvalue weighted by molar-refractivity contribution is 7.99. The number of ether oxygens (including phenoxy) is 1. The van der Waals surface area contributed by atoms with E-state index in [9.17, 15) is 9.90 Å². The van der Waals surface area contributed by atoms with Crippen LogP contribution in [0.5, 0.6) is 0 Å². The number of fused-ring (bicyclic) bond motifs is 2. The van der Waals surface area contributed by atoms with Crippen molar-refractivity contribution in [2.75, 3.05) is 5.75 Å². The van der Waals surface area contributed by atoms with Gasteiger partial charge in [0.05, 0.1) is 5.56 Å². The molecule has 5 nitrogen and oxygen atoms in total. The third-order valence-corrected chi connectivity index (χ3v) is 7.37. The van der Waals surface area contributed by atoms with Gasteiger partial charge in [-0.2, -0.15) is 0 Å². The molecular weight excluding hydrogens is 388 g/mol. The van der Waals surface area contributed by atoms with Crippen LogP contribution in [0.4, 0.5) is 0 Å². The lowest BCUT2D eigenvalue weighted by atomic mass is 9.69. The largest absolute Gasteiger partial charge is 0.456 e. The van der Waals surface area contributed by atoms with E-state index in [-0.39, 0.29) is 5.92 Å². The van der Waals surface area contributed by atoms with Gasteiger partial charge in [-0.25, -0.2) is 14.6 Å². The summed E-state index contributed by atoms with van der Waals surface area (Å²) in [6.45, 7) is 3.68. The summed E-state index contributed by atoms with van der Waals surface area (Å²) in [4.78, 5) is 25.2. The summed E-state index contributed by atoms with van der Waals surface area (Å²) in [5, 5.41) is 11.0. The van der Waals surface area contributed by atoms with Crippen LogP contribution in [0, 0.1) is 5.92 Å². The van der Waals surface area contributed by atoms with Crippen LogP contribution in [0.15, 0.2) is 65.6 Å². The average Bonchev–Trinajstić information content (AvgIpc) is 2.74. The first kappa shape index (κ1) is 20.4. The lowest BCUT2D eigenvalue weighted by molar-refractivity contribution is -0.448. The van der Waals surface area contributed by atoms with Crippen molar-refractivity contribution in [3.8, 4) is 0 Å². The van der Waals surface area contributed by atoms with E-state index in [2.05, 4.69) is 12.1 Å². The summed E-state index contributed by atoms with van der Waals surface area (Å²) in [5.41, 5.74) is -1.38. The Morgan fingerprint density at radius 2 is 1.76 bits per heavy atom. The smallest absolute Gasteiger partial charge is 0.338 e. The normalized spacial score (nSPS) is 33.8. The second-order valence-electron chi connectivity index (χ2n) is 8.24. The molecule has 2 bridgehead atoms. The highest BCUT2D eigenvalue weighted by Crippen LogP contribution is 2.47. The molecule has 1 saturated heterocycles. The SMILES string of the molecule is C[C@]1(O)[C@@H](OC(=O)c2ccccc2)C[C@H]2C[C@H]1OO[C@]2(C)CSc1ccccc1. The second kappa shape index (κ2) is 8.11. The molecule has 5 atom stereocenters. The van der Waals surface area contributed by atoms with Gasteiger partial charge in [0.25, 0.3) is 0 Å². The van der Waals surface area contributed by atoms with Gasteiger partial charge in [0, 0.05) is 10.6 Å². The van der Waals surface area contributed by atoms with Crippen molar-refractivity contribution in [2.24, 2.45) is 5.92 Å². The average molecular weight is 415 g/mol. The highest BCUT2D eigenvalue weighted by Gasteiger charge is 2.57. The molecule has 1 saturated carbocycles. The maximum Gasteiger partial charge on any atom is 0.338 e. The number of hydrogen-bond donors (Lipinski definition) is 1. The molecule has 0 radical (unpaired) electrons. The van der Waals surface area contributed by atoms with Crippen molar-refractivity contribution in [3.05, 3.63) is 66.2 Å². The molecule has 0 aromatic heterocycles. The second-order valence-corrected chi connectivity index (χ2v) is 9.29. The van der Waals surface area contributed by atoms with E-state index in [1.165, 1.54) is 0 Å². The van der Waals surface area contributed by atoms with Gasteiger partial charge < -0.3 is 9.84 Å². The molecule has 154 valence electrons. The minimum Gasteiger partial charge on any atom is -0.456 e. The molecule has 4 rings (SSSR count). The van der Waals surface area contributed by atoms with E-state index >= 15 is 0 Å². The number of esters is 1. The van der Waals surface area contributed by atoms with Crippen LogP contribution in [0.2, 0.25) is 0 Å². The molecule has 2 aromatic rings.